The predicted octanol–water partition coefficient (Wildman–Crippen LogP) is 0.198. The second-order valence-electron chi connectivity index (χ2n) is 6.49. The molecule has 0 saturated heterocycles. The molecule has 1 saturated carbocycles. The second-order valence-corrected chi connectivity index (χ2v) is 6.49. The van der Waals surface area contributed by atoms with Crippen molar-refractivity contribution < 1.29 is 33.6 Å². The molecule has 2 nitrogen and oxygen atoms in total. The Labute approximate surface area is 131 Å². The zero-order valence-corrected chi connectivity index (χ0v) is 14.7. The Morgan fingerprint density at radius 3 is 2.28 bits per heavy atom. The summed E-state index contributed by atoms with van der Waals surface area (Å²) >= 11 is 0. The van der Waals surface area contributed by atoms with E-state index in [0.717, 1.165) is 17.4 Å². The highest BCUT2D eigenvalue weighted by molar-refractivity contribution is 4.73. The average molecular weight is 369 g/mol. The molecular weight excluding hydrogens is 337 g/mol. The summed E-state index contributed by atoms with van der Waals surface area (Å²) in [7, 11) is 4.59. The van der Waals surface area contributed by atoms with Crippen LogP contribution < -0.4 is 24.0 Å². The summed E-state index contributed by atoms with van der Waals surface area (Å²) in [6, 6.07) is 0. The molecule has 0 spiro atoms. The second kappa shape index (κ2) is 9.54. The van der Waals surface area contributed by atoms with Crippen LogP contribution >= 0.6 is 0 Å². The van der Waals surface area contributed by atoms with Crippen LogP contribution in [0.1, 0.15) is 58.3 Å². The van der Waals surface area contributed by atoms with Crippen LogP contribution in [0, 0.1) is 5.92 Å². The molecule has 110 valence electrons. The zero-order valence-electron chi connectivity index (χ0n) is 12.5. The van der Waals surface area contributed by atoms with Crippen molar-refractivity contribution >= 4 is 0 Å². The van der Waals surface area contributed by atoms with Gasteiger partial charge in [0.1, 0.15) is 0 Å². The fourth-order valence-electron chi connectivity index (χ4n) is 2.93. The Bertz CT molecular complexity index is 203. The third-order valence-electron chi connectivity index (χ3n) is 4.34. The van der Waals surface area contributed by atoms with Gasteiger partial charge in [0, 0.05) is 6.42 Å². The van der Waals surface area contributed by atoms with Gasteiger partial charge in [-0.2, -0.15) is 0 Å². The summed E-state index contributed by atoms with van der Waals surface area (Å²) in [5.41, 5.74) is 0. The Kier molecular flexibility index (Phi) is 9.88. The van der Waals surface area contributed by atoms with Gasteiger partial charge in [0.15, 0.2) is 0 Å². The van der Waals surface area contributed by atoms with Gasteiger partial charge >= 0.3 is 0 Å². The van der Waals surface area contributed by atoms with E-state index in [1.165, 1.54) is 51.5 Å². The minimum absolute atomic E-state index is 0. The molecule has 0 amide bonds. The van der Waals surface area contributed by atoms with E-state index < -0.39 is 0 Å². The van der Waals surface area contributed by atoms with Crippen molar-refractivity contribution in [2.45, 2.75) is 64.4 Å². The van der Waals surface area contributed by atoms with Crippen LogP contribution in [0.4, 0.5) is 0 Å². The summed E-state index contributed by atoms with van der Waals surface area (Å²) in [5, 5.41) is 10.3. The minimum Gasteiger partial charge on any atom is -1.00 e. The maximum absolute atomic E-state index is 10.3. The van der Waals surface area contributed by atoms with Crippen LogP contribution in [0.5, 0.6) is 0 Å². The molecule has 1 unspecified atom stereocenters. The first kappa shape index (κ1) is 18.7. The van der Waals surface area contributed by atoms with Gasteiger partial charge < -0.3 is 33.6 Å². The lowest BCUT2D eigenvalue weighted by Crippen LogP contribution is -3.00. The van der Waals surface area contributed by atoms with Crippen molar-refractivity contribution in [1.82, 2.24) is 0 Å². The lowest BCUT2D eigenvalue weighted by Gasteiger charge is -2.33. The van der Waals surface area contributed by atoms with Crippen molar-refractivity contribution in [2.75, 3.05) is 27.2 Å². The SMILES string of the molecule is CCCC[N+](C)(C)CCC(O)C1CCCCC1.[I-]. The van der Waals surface area contributed by atoms with E-state index in [2.05, 4.69) is 21.0 Å². The summed E-state index contributed by atoms with van der Waals surface area (Å²) < 4.78 is 1.07. The molecule has 0 bridgehead atoms. The van der Waals surface area contributed by atoms with Crippen LogP contribution in [0.25, 0.3) is 0 Å². The van der Waals surface area contributed by atoms with E-state index in [0.29, 0.717) is 5.92 Å². The Balaban J connectivity index is 0.00000289. The van der Waals surface area contributed by atoms with Gasteiger partial charge in [-0.05, 0) is 25.2 Å². The van der Waals surface area contributed by atoms with E-state index in [9.17, 15) is 5.11 Å². The molecule has 1 N–H and O–H groups in total. The fraction of sp³-hybridized carbons (Fsp3) is 1.00. The normalized spacial score (nSPS) is 19.3. The number of aliphatic hydroxyl groups is 1. The van der Waals surface area contributed by atoms with Crippen molar-refractivity contribution in [3.63, 3.8) is 0 Å². The molecule has 0 heterocycles. The van der Waals surface area contributed by atoms with Gasteiger partial charge in [0.2, 0.25) is 0 Å². The standard InChI is InChI=1S/C15H32NO.HI/c1-4-5-12-16(2,3)13-11-15(17)14-9-7-6-8-10-14;/h14-15,17H,4-13H2,1-3H3;1H/q+1;/p-1. The third kappa shape index (κ3) is 7.29. The molecule has 3 heteroatoms. The van der Waals surface area contributed by atoms with Crippen molar-refractivity contribution in [3.8, 4) is 0 Å². The smallest absolute Gasteiger partial charge is 0.0807 e. The highest BCUT2D eigenvalue weighted by Gasteiger charge is 2.24. The van der Waals surface area contributed by atoms with E-state index in [1.807, 2.05) is 0 Å². The predicted molar refractivity (Wildman–Crippen MR) is 73.9 cm³/mol. The Hall–Kier alpha value is 0.650. The molecule has 0 aromatic carbocycles. The molecular formula is C15H32INO. The van der Waals surface area contributed by atoms with E-state index >= 15 is 0 Å². The van der Waals surface area contributed by atoms with Gasteiger partial charge in [-0.25, -0.2) is 0 Å². The first-order valence-corrected chi connectivity index (χ1v) is 7.55. The quantitative estimate of drug-likeness (QED) is 0.502. The van der Waals surface area contributed by atoms with Crippen molar-refractivity contribution in [3.05, 3.63) is 0 Å². The number of rotatable bonds is 7. The lowest BCUT2D eigenvalue weighted by atomic mass is 9.84. The van der Waals surface area contributed by atoms with E-state index in [1.54, 1.807) is 0 Å². The number of unbranched alkanes of at least 4 members (excludes halogenated alkanes) is 1. The summed E-state index contributed by atoms with van der Waals surface area (Å²) in [6.45, 7) is 4.61. The summed E-state index contributed by atoms with van der Waals surface area (Å²) in [5.74, 6) is 0.593. The molecule has 1 aliphatic carbocycles. The number of quaternary nitrogens is 1. The summed E-state index contributed by atoms with van der Waals surface area (Å²) in [4.78, 5) is 0. The Morgan fingerprint density at radius 2 is 1.72 bits per heavy atom. The van der Waals surface area contributed by atoms with Crippen molar-refractivity contribution in [2.24, 2.45) is 5.92 Å². The molecule has 0 radical (unpaired) electrons. The van der Waals surface area contributed by atoms with Crippen LogP contribution in [-0.4, -0.2) is 42.9 Å². The molecule has 0 aromatic rings. The van der Waals surface area contributed by atoms with Gasteiger partial charge in [-0.1, -0.05) is 32.6 Å². The zero-order chi connectivity index (χ0) is 12.7. The monoisotopic (exact) mass is 369 g/mol. The molecule has 0 aromatic heterocycles. The van der Waals surface area contributed by atoms with Gasteiger partial charge in [-0.3, -0.25) is 0 Å². The van der Waals surface area contributed by atoms with Crippen LogP contribution in [0.15, 0.2) is 0 Å². The van der Waals surface area contributed by atoms with E-state index in [-0.39, 0.29) is 30.1 Å². The molecule has 1 aliphatic rings. The molecule has 0 aliphatic heterocycles. The molecule has 1 atom stereocenters. The van der Waals surface area contributed by atoms with Gasteiger partial charge in [-0.15, -0.1) is 0 Å². The van der Waals surface area contributed by atoms with Crippen molar-refractivity contribution in [1.29, 1.82) is 0 Å². The molecule has 1 fully saturated rings. The minimum atomic E-state index is -0.0469. The van der Waals surface area contributed by atoms with E-state index in [4.69, 9.17) is 0 Å². The highest BCUT2D eigenvalue weighted by Crippen LogP contribution is 2.28. The lowest BCUT2D eigenvalue weighted by molar-refractivity contribution is -0.891. The number of hydrogen-bond acceptors (Lipinski definition) is 1. The van der Waals surface area contributed by atoms with Gasteiger partial charge in [0.25, 0.3) is 0 Å². The largest absolute Gasteiger partial charge is 1.00 e. The van der Waals surface area contributed by atoms with Gasteiger partial charge in [0.05, 0.1) is 33.3 Å². The molecule has 1 rings (SSSR count). The van der Waals surface area contributed by atoms with Crippen LogP contribution in [0.3, 0.4) is 0 Å². The van der Waals surface area contributed by atoms with Crippen LogP contribution in [-0.2, 0) is 0 Å². The topological polar surface area (TPSA) is 20.2 Å². The van der Waals surface area contributed by atoms with Crippen LogP contribution in [0.2, 0.25) is 0 Å². The number of halogens is 1. The first-order chi connectivity index (χ1) is 8.05. The fourth-order valence-corrected chi connectivity index (χ4v) is 2.93. The average Bonchev–Trinajstić information content (AvgIpc) is 2.35. The first-order valence-electron chi connectivity index (χ1n) is 7.55. The number of aliphatic hydroxyl groups excluding tert-OH is 1. The maximum atomic E-state index is 10.3. The highest BCUT2D eigenvalue weighted by atomic mass is 127. The Morgan fingerprint density at radius 1 is 1.11 bits per heavy atom. The summed E-state index contributed by atoms with van der Waals surface area (Å²) in [6.07, 6.45) is 10.1. The number of nitrogens with zero attached hydrogens (tertiary/aromatic N) is 1. The third-order valence-corrected chi connectivity index (χ3v) is 4.34. The maximum Gasteiger partial charge on any atom is 0.0807 e. The number of hydrogen-bond donors (Lipinski definition) is 1. The molecule has 18 heavy (non-hydrogen) atoms.